The zero-order chi connectivity index (χ0) is 15.6. The lowest BCUT2D eigenvalue weighted by molar-refractivity contribution is -0.120. The highest BCUT2D eigenvalue weighted by atomic mass is 32.1. The second-order valence-electron chi connectivity index (χ2n) is 6.38. The standard InChI is InChI=1S/C16H22N2O3S/c19-10-16(5-6-16)9-18-14(20)8-17-15(21)13-7-11-3-1-2-4-12(11)22-13/h7,19H,1-6,8-10H2,(H,17,21)(H,18,20). The molecular weight excluding hydrogens is 300 g/mol. The molecule has 0 aliphatic heterocycles. The van der Waals surface area contributed by atoms with Crippen LogP contribution in [0.2, 0.25) is 0 Å². The van der Waals surface area contributed by atoms with E-state index in [1.807, 2.05) is 6.07 Å². The number of amides is 2. The van der Waals surface area contributed by atoms with E-state index < -0.39 is 0 Å². The third-order valence-corrected chi connectivity index (χ3v) is 5.82. The minimum Gasteiger partial charge on any atom is -0.396 e. The number of carbonyl (C=O) groups excluding carboxylic acids is 2. The van der Waals surface area contributed by atoms with Crippen molar-refractivity contribution in [2.45, 2.75) is 38.5 Å². The molecule has 0 atom stereocenters. The highest BCUT2D eigenvalue weighted by Crippen LogP contribution is 2.44. The molecule has 5 nitrogen and oxygen atoms in total. The first-order chi connectivity index (χ1) is 10.6. The number of hydrogen-bond donors (Lipinski definition) is 3. The molecule has 0 bridgehead atoms. The van der Waals surface area contributed by atoms with Crippen LogP contribution in [0.5, 0.6) is 0 Å². The second kappa shape index (κ2) is 6.38. The van der Waals surface area contributed by atoms with Crippen LogP contribution in [0.3, 0.4) is 0 Å². The first kappa shape index (κ1) is 15.5. The van der Waals surface area contributed by atoms with Crippen LogP contribution in [-0.2, 0) is 17.6 Å². The Morgan fingerprint density at radius 1 is 1.23 bits per heavy atom. The van der Waals surface area contributed by atoms with Gasteiger partial charge in [-0.15, -0.1) is 11.3 Å². The summed E-state index contributed by atoms with van der Waals surface area (Å²) in [5.74, 6) is -0.368. The number of rotatable bonds is 6. The lowest BCUT2D eigenvalue weighted by Gasteiger charge is -2.12. The van der Waals surface area contributed by atoms with Gasteiger partial charge in [-0.25, -0.2) is 0 Å². The van der Waals surface area contributed by atoms with Crippen LogP contribution in [-0.4, -0.2) is 36.6 Å². The first-order valence-electron chi connectivity index (χ1n) is 7.89. The molecule has 0 spiro atoms. The summed E-state index contributed by atoms with van der Waals surface area (Å²) < 4.78 is 0. The highest BCUT2D eigenvalue weighted by molar-refractivity contribution is 7.14. The van der Waals surface area contributed by atoms with Crippen LogP contribution < -0.4 is 10.6 Å². The van der Waals surface area contributed by atoms with Crippen molar-refractivity contribution in [3.63, 3.8) is 0 Å². The molecule has 22 heavy (non-hydrogen) atoms. The molecule has 120 valence electrons. The van der Waals surface area contributed by atoms with E-state index in [0.29, 0.717) is 11.4 Å². The summed E-state index contributed by atoms with van der Waals surface area (Å²) in [5.41, 5.74) is 1.19. The Bertz CT molecular complexity index is 554. The predicted octanol–water partition coefficient (Wildman–Crippen LogP) is 1.25. The molecule has 0 saturated heterocycles. The Kier molecular flexibility index (Phi) is 4.49. The number of hydrogen-bond acceptors (Lipinski definition) is 4. The highest BCUT2D eigenvalue weighted by Gasteiger charge is 2.42. The lowest BCUT2D eigenvalue weighted by Crippen LogP contribution is -2.39. The van der Waals surface area contributed by atoms with Gasteiger partial charge in [0.05, 0.1) is 18.0 Å². The van der Waals surface area contributed by atoms with Crippen molar-refractivity contribution >= 4 is 23.2 Å². The summed E-state index contributed by atoms with van der Waals surface area (Å²) in [7, 11) is 0. The molecule has 1 heterocycles. The second-order valence-corrected chi connectivity index (χ2v) is 7.52. The first-order valence-corrected chi connectivity index (χ1v) is 8.71. The summed E-state index contributed by atoms with van der Waals surface area (Å²) >= 11 is 1.55. The van der Waals surface area contributed by atoms with E-state index in [0.717, 1.165) is 25.7 Å². The molecule has 2 aliphatic rings. The molecule has 0 radical (unpaired) electrons. The van der Waals surface area contributed by atoms with Crippen LogP contribution in [0.25, 0.3) is 0 Å². The smallest absolute Gasteiger partial charge is 0.261 e. The van der Waals surface area contributed by atoms with E-state index >= 15 is 0 Å². The van der Waals surface area contributed by atoms with E-state index in [2.05, 4.69) is 10.6 Å². The predicted molar refractivity (Wildman–Crippen MR) is 85.1 cm³/mol. The van der Waals surface area contributed by atoms with Crippen molar-refractivity contribution in [1.82, 2.24) is 10.6 Å². The van der Waals surface area contributed by atoms with E-state index in [-0.39, 0.29) is 30.4 Å². The van der Waals surface area contributed by atoms with Gasteiger partial charge in [0, 0.05) is 16.8 Å². The van der Waals surface area contributed by atoms with E-state index in [1.165, 1.54) is 23.3 Å². The van der Waals surface area contributed by atoms with Gasteiger partial charge in [0.2, 0.25) is 5.91 Å². The average molecular weight is 322 g/mol. The Morgan fingerprint density at radius 2 is 2.00 bits per heavy atom. The minimum absolute atomic E-state index is 0.0110. The topological polar surface area (TPSA) is 78.4 Å². The maximum Gasteiger partial charge on any atom is 0.261 e. The van der Waals surface area contributed by atoms with E-state index in [1.54, 1.807) is 11.3 Å². The maximum atomic E-state index is 12.1. The number of aliphatic hydroxyl groups excluding tert-OH is 1. The molecule has 6 heteroatoms. The summed E-state index contributed by atoms with van der Waals surface area (Å²) in [6, 6.07) is 1.97. The summed E-state index contributed by atoms with van der Waals surface area (Å²) in [4.78, 5) is 25.9. The van der Waals surface area contributed by atoms with Gasteiger partial charge in [0.15, 0.2) is 0 Å². The zero-order valence-corrected chi connectivity index (χ0v) is 13.4. The fourth-order valence-corrected chi connectivity index (χ4v) is 3.94. The quantitative estimate of drug-likeness (QED) is 0.737. The molecule has 1 saturated carbocycles. The van der Waals surface area contributed by atoms with Gasteiger partial charge >= 0.3 is 0 Å². The van der Waals surface area contributed by atoms with Crippen molar-refractivity contribution in [2.24, 2.45) is 5.41 Å². The fourth-order valence-electron chi connectivity index (χ4n) is 2.77. The molecule has 0 unspecified atom stereocenters. The van der Waals surface area contributed by atoms with Gasteiger partial charge in [-0.3, -0.25) is 9.59 Å². The Hall–Kier alpha value is -1.40. The average Bonchev–Trinajstić information content (AvgIpc) is 3.20. The Morgan fingerprint density at radius 3 is 2.68 bits per heavy atom. The minimum atomic E-state index is -0.200. The van der Waals surface area contributed by atoms with Crippen molar-refractivity contribution < 1.29 is 14.7 Å². The normalized spacial score (nSPS) is 18.4. The van der Waals surface area contributed by atoms with Crippen LogP contribution in [0.1, 0.15) is 45.8 Å². The molecule has 1 fully saturated rings. The van der Waals surface area contributed by atoms with E-state index in [9.17, 15) is 14.7 Å². The molecule has 1 aromatic heterocycles. The summed E-state index contributed by atoms with van der Waals surface area (Å²) in [6.07, 6.45) is 6.43. The largest absolute Gasteiger partial charge is 0.396 e. The Balaban J connectivity index is 1.45. The van der Waals surface area contributed by atoms with Crippen molar-refractivity contribution in [3.05, 3.63) is 21.4 Å². The van der Waals surface area contributed by atoms with Crippen LogP contribution >= 0.6 is 11.3 Å². The molecule has 2 amide bonds. The van der Waals surface area contributed by atoms with Crippen LogP contribution in [0, 0.1) is 5.41 Å². The van der Waals surface area contributed by atoms with Crippen LogP contribution in [0.4, 0.5) is 0 Å². The molecule has 3 N–H and O–H groups in total. The number of aryl methyl sites for hydroxylation is 2. The number of carbonyl (C=O) groups is 2. The van der Waals surface area contributed by atoms with Gasteiger partial charge in [-0.1, -0.05) is 0 Å². The molecule has 0 aromatic carbocycles. The maximum absolute atomic E-state index is 12.1. The lowest BCUT2D eigenvalue weighted by atomic mass is 9.99. The van der Waals surface area contributed by atoms with Crippen molar-refractivity contribution in [2.75, 3.05) is 19.7 Å². The monoisotopic (exact) mass is 322 g/mol. The zero-order valence-electron chi connectivity index (χ0n) is 12.6. The number of thiophene rings is 1. The molecule has 2 aliphatic carbocycles. The van der Waals surface area contributed by atoms with Crippen molar-refractivity contribution in [3.8, 4) is 0 Å². The number of aliphatic hydroxyl groups is 1. The van der Waals surface area contributed by atoms with Crippen LogP contribution in [0.15, 0.2) is 6.07 Å². The van der Waals surface area contributed by atoms with Gasteiger partial charge in [0.1, 0.15) is 0 Å². The summed E-state index contributed by atoms with van der Waals surface area (Å²) in [6.45, 7) is 0.592. The van der Waals surface area contributed by atoms with E-state index in [4.69, 9.17) is 0 Å². The number of nitrogens with one attached hydrogen (secondary N) is 2. The molecular formula is C16H22N2O3S. The Labute approximate surface area is 134 Å². The third kappa shape index (κ3) is 3.50. The third-order valence-electron chi connectivity index (χ3n) is 4.58. The number of fused-ring (bicyclic) bond motifs is 1. The van der Waals surface area contributed by atoms with Gasteiger partial charge < -0.3 is 15.7 Å². The van der Waals surface area contributed by atoms with Gasteiger partial charge in [0.25, 0.3) is 5.91 Å². The van der Waals surface area contributed by atoms with Crippen molar-refractivity contribution in [1.29, 1.82) is 0 Å². The van der Waals surface area contributed by atoms with Gasteiger partial charge in [-0.2, -0.15) is 0 Å². The fraction of sp³-hybridized carbons (Fsp3) is 0.625. The molecule has 3 rings (SSSR count). The SMILES string of the molecule is O=C(CNC(=O)c1cc2c(s1)CCCC2)NCC1(CO)CC1. The molecule has 1 aromatic rings. The summed E-state index contributed by atoms with van der Waals surface area (Å²) in [5, 5.41) is 14.7. The van der Waals surface area contributed by atoms with Gasteiger partial charge in [-0.05, 0) is 50.2 Å².